The summed E-state index contributed by atoms with van der Waals surface area (Å²) in [5.41, 5.74) is 17.5. The molecule has 119 heavy (non-hydrogen) atoms. The predicted octanol–water partition coefficient (Wildman–Crippen LogP) is 14.7. The van der Waals surface area contributed by atoms with Gasteiger partial charge in [-0.05, 0) is 110 Å². The number of halogens is 6. The number of phenols is 2. The fourth-order valence-corrected chi connectivity index (χ4v) is 11.4. The van der Waals surface area contributed by atoms with Crippen LogP contribution in [0.4, 0.5) is 37.5 Å². The van der Waals surface area contributed by atoms with Crippen LogP contribution < -0.4 is 81.4 Å². The smallest absolute Gasteiger partial charge is 0.337 e. The lowest BCUT2D eigenvalue weighted by Gasteiger charge is -2.11. The van der Waals surface area contributed by atoms with Crippen LogP contribution in [0.1, 0.15) is 27.0 Å². The van der Waals surface area contributed by atoms with E-state index in [1.54, 1.807) is 63.8 Å². The molecular weight excluding hydrogens is 1630 g/mol. The molecule has 13 N–H and O–H groups in total. The van der Waals surface area contributed by atoms with Crippen LogP contribution in [0, 0.1) is 37.8 Å². The van der Waals surface area contributed by atoms with Crippen molar-refractivity contribution in [3.63, 3.8) is 0 Å². The van der Waals surface area contributed by atoms with Crippen molar-refractivity contribution in [1.82, 2.24) is 59.8 Å². The standard InChI is InChI=1S/C16H13ClFN3O.C15H11ClFN3O2.C10H9ClN2O.C10H10N2O3.C10H10N2O2.C9H8N2O3.C9H11NO4.CH4N2.ClH/c1-9-5-11-14(7-15(9)22-2)19-8-20-16(11)21-10-3-4-13(18)12(17)6-10;1-22-14-6-12-9(5-13(14)21)15(19-7-18-12)20-8-2-3-11(17)10(16)4-8;1-6-3-7-8(4-9(6)14-2)12-5-13-10(7)11;1-14-8-3-6-7(4-9(8)15-2)11-5-12-10(6)13;1-6-3-7-8(4-9(6)14-2)11-5-12-10(7)13;1-14-8-3-6-5(2-7(8)12)9(13)11-4-10-6;1-13-7-3-5(9(11)12)6(10)4-8(7)14-2;2-1-3;/h3-8H,1-2H3,(H,19,20,21);2-7,21H,1H3,(H,18,19,20);3-5H,1-2H3;3-5H,1-2H3,(H,11,12,13);3-5H,1-2H3,(H,11,12,13);2-4,12H,1H3,(H,10,11,13);3-4H,10H2,1-2H3,(H,11,12);1H,(H3,2,3);1H. The number of carboxylic acids is 1. The van der Waals surface area contributed by atoms with E-state index in [-0.39, 0.29) is 61.9 Å². The number of anilines is 5. The molecule has 15 aromatic rings. The molecule has 0 saturated carbocycles. The summed E-state index contributed by atoms with van der Waals surface area (Å²) in [6.07, 6.45) is 9.09. The minimum Gasteiger partial charge on any atom is -0.504 e. The number of carboxylic acid groups (broad SMARTS) is 1. The molecule has 9 aromatic carbocycles. The second-order valence-corrected chi connectivity index (χ2v) is 25.1. The molecule has 6 heterocycles. The second-order valence-electron chi connectivity index (χ2n) is 23.9. The number of aromatic carboxylic acids is 1. The third-order valence-electron chi connectivity index (χ3n) is 16.6. The van der Waals surface area contributed by atoms with Crippen molar-refractivity contribution < 1.29 is 71.5 Å². The molecule has 0 spiro atoms. The van der Waals surface area contributed by atoms with Gasteiger partial charge in [0, 0.05) is 76.1 Å². The SMILES string of the molecule is COc1cc(N)c(C(=O)O)cc1OC.COc1cc2nc[nH]c(=O)c2cc1C.COc1cc2nc[nH]c(=O)c2cc1O.COc1cc2nc[nH]c(=O)c2cc1OC.COc1cc2ncnc(Cl)c2cc1C.COc1cc2ncnc(Nc3ccc(F)c(Cl)c3)c2cc1C.COc1cc2ncnc(Nc3ccc(F)c(Cl)c3)c2cc1O.Cl.N=CN. The van der Waals surface area contributed by atoms with Gasteiger partial charge in [-0.25, -0.2) is 58.4 Å². The molecule has 0 saturated heterocycles. The van der Waals surface area contributed by atoms with Gasteiger partial charge in [0.05, 0.1) is 160 Å². The molecule has 15 rings (SSSR count). The molecule has 0 aliphatic carbocycles. The Labute approximate surface area is 696 Å². The highest BCUT2D eigenvalue weighted by Crippen LogP contribution is 2.37. The highest BCUT2D eigenvalue weighted by atomic mass is 35.5. The summed E-state index contributed by atoms with van der Waals surface area (Å²) in [6.45, 7) is 5.80. The Bertz CT molecular complexity index is 6080. The van der Waals surface area contributed by atoms with Crippen molar-refractivity contribution in [3.05, 3.63) is 239 Å². The van der Waals surface area contributed by atoms with E-state index in [0.29, 0.717) is 106 Å². The van der Waals surface area contributed by atoms with E-state index in [1.807, 2.05) is 45.0 Å². The molecule has 0 aliphatic heterocycles. The van der Waals surface area contributed by atoms with Crippen LogP contribution in [0.25, 0.3) is 65.4 Å². The number of hydrogen-bond donors (Lipinski definition) is 11. The Balaban J connectivity index is 0.000000192. The number of nitrogens with two attached hydrogens (primary N) is 2. The average molecular weight is 1710 g/mol. The Hall–Kier alpha value is -14.4. The number of ether oxygens (including phenoxy) is 9. The summed E-state index contributed by atoms with van der Waals surface area (Å²) in [5, 5.41) is 44.4. The zero-order valence-electron chi connectivity index (χ0n) is 65.2. The van der Waals surface area contributed by atoms with Crippen LogP contribution in [0.15, 0.2) is 174 Å². The lowest BCUT2D eigenvalue weighted by Crippen LogP contribution is -2.06. The molecule has 0 bridgehead atoms. The number of carbonyl (C=O) groups is 1. The molecule has 39 heteroatoms. The molecule has 0 aliphatic rings. The van der Waals surface area contributed by atoms with E-state index >= 15 is 0 Å². The van der Waals surface area contributed by atoms with Crippen LogP contribution in [-0.4, -0.2) is 151 Å². The van der Waals surface area contributed by atoms with Gasteiger partial charge in [0.25, 0.3) is 16.7 Å². The number of benzene rings is 9. The number of aryl methyl sites for hydroxylation is 3. The van der Waals surface area contributed by atoms with Crippen LogP contribution in [0.5, 0.6) is 63.2 Å². The third-order valence-corrected chi connectivity index (χ3v) is 17.5. The van der Waals surface area contributed by atoms with Gasteiger partial charge in [-0.1, -0.05) is 34.8 Å². The highest BCUT2D eigenvalue weighted by molar-refractivity contribution is 6.34. The normalized spacial score (nSPS) is 10.2. The van der Waals surface area contributed by atoms with Gasteiger partial charge in [-0.2, -0.15) is 0 Å². The van der Waals surface area contributed by atoms with Crippen LogP contribution in [0.3, 0.4) is 0 Å². The van der Waals surface area contributed by atoms with E-state index in [0.717, 1.165) is 62.1 Å². The minimum absolute atomic E-state index is 0. The van der Waals surface area contributed by atoms with Gasteiger partial charge in [0.1, 0.15) is 64.7 Å². The predicted molar refractivity (Wildman–Crippen MR) is 455 cm³/mol. The van der Waals surface area contributed by atoms with Crippen LogP contribution in [-0.2, 0) is 0 Å². The second kappa shape index (κ2) is 43.3. The first-order chi connectivity index (χ1) is 56.6. The number of hydrogen-bond acceptors (Lipinski definition) is 28. The zero-order valence-corrected chi connectivity index (χ0v) is 68.3. The quantitative estimate of drug-likeness (QED) is 0.0208. The molecule has 0 amide bonds. The average Bonchev–Trinajstić information content (AvgIpc) is 0.815. The molecule has 33 nitrogen and oxygen atoms in total. The number of phenolic OH excluding ortho intramolecular Hbond substituents is 2. The highest BCUT2D eigenvalue weighted by Gasteiger charge is 2.17. The summed E-state index contributed by atoms with van der Waals surface area (Å²) in [6, 6.07) is 31.8. The molecule has 620 valence electrons. The van der Waals surface area contributed by atoms with Gasteiger partial charge in [0.15, 0.2) is 46.0 Å². The van der Waals surface area contributed by atoms with Crippen molar-refractivity contribution in [3.8, 4) is 63.2 Å². The first-order valence-corrected chi connectivity index (χ1v) is 35.2. The summed E-state index contributed by atoms with van der Waals surface area (Å²) < 4.78 is 72.1. The number of nitrogens with one attached hydrogen (secondary N) is 6. The van der Waals surface area contributed by atoms with E-state index in [4.69, 9.17) is 93.7 Å². The third kappa shape index (κ3) is 23.4. The van der Waals surface area contributed by atoms with Crippen molar-refractivity contribution in [2.75, 3.05) is 80.4 Å². The first kappa shape index (κ1) is 91.8. The number of fused-ring (bicyclic) bond motifs is 6. The molecule has 0 atom stereocenters. The molecular formula is C80H77Cl4F2N17O16. The minimum atomic E-state index is -1.09. The van der Waals surface area contributed by atoms with Crippen molar-refractivity contribution in [2.45, 2.75) is 20.8 Å². The molecule has 6 aromatic heterocycles. The Kier molecular flexibility index (Phi) is 33.4. The fraction of sp³-hybridized carbons (Fsp3) is 0.150. The van der Waals surface area contributed by atoms with Crippen molar-refractivity contribution >= 4 is 154 Å². The summed E-state index contributed by atoms with van der Waals surface area (Å²) in [4.78, 5) is 89.1. The van der Waals surface area contributed by atoms with Crippen LogP contribution >= 0.6 is 47.2 Å². The Morgan fingerprint density at radius 2 is 0.723 bits per heavy atom. The van der Waals surface area contributed by atoms with Gasteiger partial charge >= 0.3 is 5.97 Å². The molecule has 0 radical (unpaired) electrons. The maximum absolute atomic E-state index is 13.2. The first-order valence-electron chi connectivity index (χ1n) is 34.1. The van der Waals surface area contributed by atoms with E-state index < -0.39 is 17.6 Å². The maximum atomic E-state index is 13.2. The van der Waals surface area contributed by atoms with Gasteiger partial charge in [0.2, 0.25) is 0 Å². The van der Waals surface area contributed by atoms with E-state index in [9.17, 15) is 38.2 Å². The van der Waals surface area contributed by atoms with E-state index in [2.05, 4.69) is 76.2 Å². The number of nitrogen functional groups attached to an aromatic ring is 1. The molecule has 0 fully saturated rings. The number of aromatic nitrogens is 12. The van der Waals surface area contributed by atoms with Gasteiger partial charge in [-0.3, -0.25) is 19.8 Å². The lowest BCUT2D eigenvalue weighted by atomic mass is 10.1. The summed E-state index contributed by atoms with van der Waals surface area (Å²) in [5.74, 6) is 3.72. The summed E-state index contributed by atoms with van der Waals surface area (Å²) in [7, 11) is 13.7. The van der Waals surface area contributed by atoms with Crippen molar-refractivity contribution in [2.24, 2.45) is 5.73 Å². The van der Waals surface area contributed by atoms with Crippen molar-refractivity contribution in [1.29, 1.82) is 5.41 Å². The number of aromatic hydroxyl groups is 2. The number of nitrogens with zero attached hydrogens (tertiary/aromatic N) is 9. The monoisotopic (exact) mass is 1710 g/mol. The number of rotatable bonds is 14. The lowest BCUT2D eigenvalue weighted by molar-refractivity contribution is 0.0697. The number of methoxy groups -OCH3 is 9. The maximum Gasteiger partial charge on any atom is 0.337 e. The topological polar surface area (TPSA) is 475 Å². The summed E-state index contributed by atoms with van der Waals surface area (Å²) >= 11 is 17.5. The Morgan fingerprint density at radius 3 is 1.12 bits per heavy atom. The fourth-order valence-electron chi connectivity index (χ4n) is 10.8. The number of aromatic amines is 3. The number of H-pyrrole nitrogens is 3. The largest absolute Gasteiger partial charge is 0.504 e. The Morgan fingerprint density at radius 1 is 0.420 bits per heavy atom. The van der Waals surface area contributed by atoms with E-state index in [1.165, 1.54) is 135 Å². The zero-order chi connectivity index (χ0) is 86.0. The van der Waals surface area contributed by atoms with Crippen LogP contribution in [0.2, 0.25) is 15.2 Å². The molecule has 0 unspecified atom stereocenters. The van der Waals surface area contributed by atoms with Gasteiger partial charge in [-0.15, -0.1) is 12.4 Å². The van der Waals surface area contributed by atoms with Gasteiger partial charge < -0.3 is 95.0 Å².